The van der Waals surface area contributed by atoms with Crippen LogP contribution in [0.15, 0.2) is 29.0 Å². The molecule has 0 bridgehead atoms. The topological polar surface area (TPSA) is 35.0 Å². The van der Waals surface area contributed by atoms with Gasteiger partial charge in [0.05, 0.1) is 0 Å². The Morgan fingerprint density at radius 3 is 2.89 bits per heavy atom. The van der Waals surface area contributed by atoms with Crippen LogP contribution in [0.1, 0.15) is 17.5 Å². The van der Waals surface area contributed by atoms with E-state index in [1.807, 2.05) is 6.07 Å². The molecule has 0 atom stereocenters. The smallest absolute Gasteiger partial charge is 0.238 e. The lowest BCUT2D eigenvalue weighted by atomic mass is 10.1. The highest BCUT2D eigenvalue weighted by atomic mass is 79.9. The van der Waals surface area contributed by atoms with Gasteiger partial charge in [-0.25, -0.2) is 9.97 Å². The lowest BCUT2D eigenvalue weighted by Crippen LogP contribution is -1.92. The van der Waals surface area contributed by atoms with Crippen molar-refractivity contribution in [1.82, 2.24) is 9.97 Å². The van der Waals surface area contributed by atoms with Crippen molar-refractivity contribution < 1.29 is 4.74 Å². The van der Waals surface area contributed by atoms with E-state index in [0.717, 1.165) is 12.2 Å². The van der Waals surface area contributed by atoms with E-state index in [2.05, 4.69) is 38.0 Å². The number of aromatic nitrogens is 2. The molecular formula is C13H10BrClN2O. The second-order valence-electron chi connectivity index (χ2n) is 4.17. The van der Waals surface area contributed by atoms with Gasteiger partial charge in [0.1, 0.15) is 16.5 Å². The Morgan fingerprint density at radius 2 is 2.00 bits per heavy atom. The largest absolute Gasteiger partial charge is 0.438 e. The average Bonchev–Trinajstić information content (AvgIpc) is 2.82. The molecule has 0 saturated carbocycles. The highest BCUT2D eigenvalue weighted by Gasteiger charge is 2.13. The maximum absolute atomic E-state index is 5.90. The molecule has 1 aromatic carbocycles. The summed E-state index contributed by atoms with van der Waals surface area (Å²) in [6, 6.07) is 6.16. The van der Waals surface area contributed by atoms with Crippen molar-refractivity contribution in [1.29, 1.82) is 0 Å². The van der Waals surface area contributed by atoms with Crippen LogP contribution in [0.5, 0.6) is 11.6 Å². The van der Waals surface area contributed by atoms with Crippen molar-refractivity contribution in [3.8, 4) is 11.6 Å². The molecule has 1 heterocycles. The zero-order chi connectivity index (χ0) is 12.5. The molecule has 18 heavy (non-hydrogen) atoms. The second kappa shape index (κ2) is 4.86. The predicted molar refractivity (Wildman–Crippen MR) is 73.3 cm³/mol. The Balaban J connectivity index is 1.90. The third-order valence-electron chi connectivity index (χ3n) is 3.00. The van der Waals surface area contributed by atoms with Gasteiger partial charge in [0, 0.05) is 0 Å². The zero-order valence-corrected chi connectivity index (χ0v) is 11.8. The molecule has 2 aromatic rings. The summed E-state index contributed by atoms with van der Waals surface area (Å²) in [5.74, 6) is 1.22. The van der Waals surface area contributed by atoms with Crippen molar-refractivity contribution >= 4 is 27.5 Å². The molecule has 0 radical (unpaired) electrons. The van der Waals surface area contributed by atoms with Crippen LogP contribution in [0, 0.1) is 0 Å². The molecule has 0 fully saturated rings. The Kier molecular flexibility index (Phi) is 3.22. The van der Waals surface area contributed by atoms with Gasteiger partial charge >= 0.3 is 0 Å². The SMILES string of the molecule is Clc1ncnc(Oc2ccc3c(c2)CCC3)c1Br. The Hall–Kier alpha value is -1.13. The summed E-state index contributed by atoms with van der Waals surface area (Å²) in [6.45, 7) is 0. The van der Waals surface area contributed by atoms with Gasteiger partial charge in [0.25, 0.3) is 0 Å². The minimum absolute atomic E-state index is 0.348. The number of ether oxygens (including phenoxy) is 1. The highest BCUT2D eigenvalue weighted by Crippen LogP contribution is 2.33. The van der Waals surface area contributed by atoms with Gasteiger partial charge in [-0.1, -0.05) is 17.7 Å². The summed E-state index contributed by atoms with van der Waals surface area (Å²) < 4.78 is 6.31. The molecule has 3 nitrogen and oxygen atoms in total. The molecule has 1 aliphatic carbocycles. The molecule has 0 unspecified atom stereocenters. The minimum Gasteiger partial charge on any atom is -0.438 e. The summed E-state index contributed by atoms with van der Waals surface area (Å²) in [5.41, 5.74) is 2.78. The summed E-state index contributed by atoms with van der Waals surface area (Å²) in [5, 5.41) is 0.348. The van der Waals surface area contributed by atoms with Crippen LogP contribution in [0.3, 0.4) is 0 Å². The minimum atomic E-state index is 0.348. The number of aryl methyl sites for hydroxylation is 2. The molecule has 1 aromatic heterocycles. The fraction of sp³-hybridized carbons (Fsp3) is 0.231. The summed E-state index contributed by atoms with van der Waals surface area (Å²) >= 11 is 9.21. The van der Waals surface area contributed by atoms with E-state index in [9.17, 15) is 0 Å². The first-order chi connectivity index (χ1) is 8.74. The second-order valence-corrected chi connectivity index (χ2v) is 5.32. The lowest BCUT2D eigenvalue weighted by Gasteiger charge is -2.08. The highest BCUT2D eigenvalue weighted by molar-refractivity contribution is 9.10. The first-order valence-corrected chi connectivity index (χ1v) is 6.87. The maximum atomic E-state index is 5.90. The average molecular weight is 326 g/mol. The normalized spacial score (nSPS) is 13.4. The maximum Gasteiger partial charge on any atom is 0.238 e. The Labute approximate surface area is 118 Å². The van der Waals surface area contributed by atoms with Gasteiger partial charge < -0.3 is 4.74 Å². The molecule has 0 aliphatic heterocycles. The molecular weight excluding hydrogens is 316 g/mol. The number of hydrogen-bond acceptors (Lipinski definition) is 3. The zero-order valence-electron chi connectivity index (χ0n) is 9.49. The number of rotatable bonds is 2. The molecule has 0 saturated heterocycles. The number of fused-ring (bicyclic) bond motifs is 1. The van der Waals surface area contributed by atoms with Gasteiger partial charge in [-0.15, -0.1) is 0 Å². The third-order valence-corrected chi connectivity index (χ3v) is 4.23. The van der Waals surface area contributed by atoms with Crippen LogP contribution in [-0.2, 0) is 12.8 Å². The number of halogens is 2. The number of benzene rings is 1. The molecule has 5 heteroatoms. The molecule has 0 amide bonds. The fourth-order valence-corrected chi connectivity index (χ4v) is 2.54. The molecule has 3 rings (SSSR count). The summed E-state index contributed by atoms with van der Waals surface area (Å²) in [7, 11) is 0. The van der Waals surface area contributed by atoms with Crippen molar-refractivity contribution in [2.45, 2.75) is 19.3 Å². The van der Waals surface area contributed by atoms with E-state index in [4.69, 9.17) is 16.3 Å². The van der Waals surface area contributed by atoms with Gasteiger partial charge in [0.15, 0.2) is 5.15 Å². The van der Waals surface area contributed by atoms with Crippen molar-refractivity contribution in [3.63, 3.8) is 0 Å². The first kappa shape index (κ1) is 11.9. The van der Waals surface area contributed by atoms with Gasteiger partial charge in [0.2, 0.25) is 5.88 Å². The van der Waals surface area contributed by atoms with Crippen LogP contribution < -0.4 is 4.74 Å². The first-order valence-electron chi connectivity index (χ1n) is 5.69. The summed E-state index contributed by atoms with van der Waals surface area (Å²) in [4.78, 5) is 7.93. The predicted octanol–water partition coefficient (Wildman–Crippen LogP) is 4.17. The quantitative estimate of drug-likeness (QED) is 0.777. The van der Waals surface area contributed by atoms with Crippen LogP contribution >= 0.6 is 27.5 Å². The monoisotopic (exact) mass is 324 g/mol. The molecule has 0 spiro atoms. The van der Waals surface area contributed by atoms with E-state index in [0.29, 0.717) is 15.5 Å². The van der Waals surface area contributed by atoms with Crippen LogP contribution in [0.25, 0.3) is 0 Å². The summed E-state index contributed by atoms with van der Waals surface area (Å²) in [6.07, 6.45) is 4.90. The Bertz CT molecular complexity index is 604. The molecule has 0 N–H and O–H groups in total. The van der Waals surface area contributed by atoms with Gasteiger partial charge in [-0.3, -0.25) is 0 Å². The van der Waals surface area contributed by atoms with Crippen molar-refractivity contribution in [3.05, 3.63) is 45.3 Å². The molecule has 92 valence electrons. The van der Waals surface area contributed by atoms with Crippen molar-refractivity contribution in [2.75, 3.05) is 0 Å². The van der Waals surface area contributed by atoms with E-state index < -0.39 is 0 Å². The van der Waals surface area contributed by atoms with Gasteiger partial charge in [-0.2, -0.15) is 0 Å². The van der Waals surface area contributed by atoms with Crippen LogP contribution in [-0.4, -0.2) is 9.97 Å². The number of nitrogens with zero attached hydrogens (tertiary/aromatic N) is 2. The van der Waals surface area contributed by atoms with Crippen LogP contribution in [0.2, 0.25) is 5.15 Å². The Morgan fingerprint density at radius 1 is 1.17 bits per heavy atom. The third kappa shape index (κ3) is 2.22. The van der Waals surface area contributed by atoms with E-state index in [1.165, 1.54) is 30.3 Å². The van der Waals surface area contributed by atoms with E-state index >= 15 is 0 Å². The molecule has 1 aliphatic rings. The van der Waals surface area contributed by atoms with Crippen LogP contribution in [0.4, 0.5) is 0 Å². The fourth-order valence-electron chi connectivity index (χ4n) is 2.13. The lowest BCUT2D eigenvalue weighted by molar-refractivity contribution is 0.457. The van der Waals surface area contributed by atoms with Gasteiger partial charge in [-0.05, 0) is 58.5 Å². The van der Waals surface area contributed by atoms with E-state index in [-0.39, 0.29) is 0 Å². The number of hydrogen-bond donors (Lipinski definition) is 0. The van der Waals surface area contributed by atoms with E-state index in [1.54, 1.807) is 0 Å². The van der Waals surface area contributed by atoms with Crippen molar-refractivity contribution in [2.24, 2.45) is 0 Å². The standard InChI is InChI=1S/C13H10BrClN2O/c14-11-12(15)16-7-17-13(11)18-10-5-4-8-2-1-3-9(8)6-10/h4-7H,1-3H2.